The van der Waals surface area contributed by atoms with Gasteiger partial charge in [0, 0.05) is 18.5 Å². The fourth-order valence-corrected chi connectivity index (χ4v) is 2.72. The van der Waals surface area contributed by atoms with Gasteiger partial charge in [0.15, 0.2) is 0 Å². The third kappa shape index (κ3) is 4.00. The first-order valence-corrected chi connectivity index (χ1v) is 7.37. The minimum Gasteiger partial charge on any atom is -0.352 e. The predicted octanol–water partition coefficient (Wildman–Crippen LogP) is 2.56. The number of benzene rings is 1. The fourth-order valence-electron chi connectivity index (χ4n) is 2.72. The van der Waals surface area contributed by atoms with Crippen LogP contribution in [-0.2, 0) is 4.79 Å². The summed E-state index contributed by atoms with van der Waals surface area (Å²) in [5.74, 6) is -1.10. The molecule has 0 aliphatic heterocycles. The van der Waals surface area contributed by atoms with Gasteiger partial charge in [-0.3, -0.25) is 4.79 Å². The first kappa shape index (κ1) is 15.9. The summed E-state index contributed by atoms with van der Waals surface area (Å²) in [4.78, 5) is 12.2. The van der Waals surface area contributed by atoms with Gasteiger partial charge in [0.1, 0.15) is 11.6 Å². The summed E-state index contributed by atoms with van der Waals surface area (Å²) in [5.41, 5.74) is 5.95. The molecule has 0 aromatic heterocycles. The Morgan fingerprint density at radius 3 is 2.76 bits per heavy atom. The molecule has 1 amide bonds. The lowest BCUT2D eigenvalue weighted by molar-refractivity contribution is -0.123. The Balaban J connectivity index is 1.96. The van der Waals surface area contributed by atoms with E-state index in [0.717, 1.165) is 18.6 Å². The zero-order valence-corrected chi connectivity index (χ0v) is 12.4. The zero-order chi connectivity index (χ0) is 15.6. The lowest BCUT2D eigenvalue weighted by atomic mass is 10.0. The minimum absolute atomic E-state index is 0.0592. The first-order chi connectivity index (χ1) is 9.92. The molecule has 1 aliphatic rings. The van der Waals surface area contributed by atoms with Gasteiger partial charge >= 0.3 is 0 Å². The molecule has 1 aromatic rings. The molecule has 116 valence electrons. The molecule has 2 rings (SSSR count). The Morgan fingerprint density at radius 1 is 1.43 bits per heavy atom. The summed E-state index contributed by atoms with van der Waals surface area (Å²) in [6.07, 6.45) is 1.37. The van der Waals surface area contributed by atoms with E-state index in [1.54, 1.807) is 0 Å². The standard InChI is InChI=1S/C16H22F2N2O/c1-9(2)5-11(8-19)20-16(21)14-7-12(14)13-6-10(17)3-4-15(13)18/h3-4,6,9,11-12,14H,5,7-8,19H2,1-2H3,(H,20,21). The van der Waals surface area contributed by atoms with Crippen molar-refractivity contribution in [3.05, 3.63) is 35.4 Å². The maximum atomic E-state index is 13.7. The van der Waals surface area contributed by atoms with Crippen LogP contribution in [0.3, 0.4) is 0 Å². The highest BCUT2D eigenvalue weighted by atomic mass is 19.1. The van der Waals surface area contributed by atoms with Crippen molar-refractivity contribution in [2.45, 2.75) is 38.6 Å². The maximum absolute atomic E-state index is 13.7. The van der Waals surface area contributed by atoms with E-state index in [1.807, 2.05) is 0 Å². The Morgan fingerprint density at radius 2 is 2.14 bits per heavy atom. The quantitative estimate of drug-likeness (QED) is 0.847. The zero-order valence-electron chi connectivity index (χ0n) is 12.4. The van der Waals surface area contributed by atoms with Gasteiger partial charge in [0.05, 0.1) is 0 Å². The predicted molar refractivity (Wildman–Crippen MR) is 77.6 cm³/mol. The van der Waals surface area contributed by atoms with Crippen LogP contribution >= 0.6 is 0 Å². The molecule has 3 N–H and O–H groups in total. The molecular weight excluding hydrogens is 274 g/mol. The average molecular weight is 296 g/mol. The number of hydrogen-bond acceptors (Lipinski definition) is 2. The molecule has 3 nitrogen and oxygen atoms in total. The maximum Gasteiger partial charge on any atom is 0.224 e. The summed E-state index contributed by atoms with van der Waals surface area (Å²) in [6.45, 7) is 4.52. The highest BCUT2D eigenvalue weighted by molar-refractivity contribution is 5.83. The molecule has 0 spiro atoms. The second kappa shape index (κ2) is 6.52. The minimum atomic E-state index is -0.475. The largest absolute Gasteiger partial charge is 0.352 e. The van der Waals surface area contributed by atoms with E-state index in [2.05, 4.69) is 19.2 Å². The number of rotatable bonds is 6. The van der Waals surface area contributed by atoms with Crippen LogP contribution in [0.15, 0.2) is 18.2 Å². The molecule has 3 unspecified atom stereocenters. The Hall–Kier alpha value is -1.49. The third-order valence-corrected chi connectivity index (χ3v) is 3.87. The van der Waals surface area contributed by atoms with Crippen molar-refractivity contribution in [1.82, 2.24) is 5.32 Å². The van der Waals surface area contributed by atoms with E-state index in [9.17, 15) is 13.6 Å². The van der Waals surface area contributed by atoms with E-state index >= 15 is 0 Å². The second-order valence-electron chi connectivity index (χ2n) is 6.19. The topological polar surface area (TPSA) is 55.1 Å². The first-order valence-electron chi connectivity index (χ1n) is 7.37. The van der Waals surface area contributed by atoms with E-state index in [0.29, 0.717) is 24.4 Å². The molecule has 21 heavy (non-hydrogen) atoms. The summed E-state index contributed by atoms with van der Waals surface area (Å²) >= 11 is 0. The molecule has 0 radical (unpaired) electrons. The fraction of sp³-hybridized carbons (Fsp3) is 0.562. The van der Waals surface area contributed by atoms with Gasteiger partial charge < -0.3 is 11.1 Å². The van der Waals surface area contributed by atoms with E-state index < -0.39 is 11.6 Å². The van der Waals surface area contributed by atoms with Crippen LogP contribution in [0.5, 0.6) is 0 Å². The number of carbonyl (C=O) groups is 1. The molecule has 0 saturated heterocycles. The van der Waals surface area contributed by atoms with E-state index in [1.165, 1.54) is 6.07 Å². The molecule has 1 aliphatic carbocycles. The van der Waals surface area contributed by atoms with Crippen molar-refractivity contribution in [2.24, 2.45) is 17.6 Å². The molecule has 0 heterocycles. The Kier molecular flexibility index (Phi) is 4.93. The Bertz CT molecular complexity index is 519. The smallest absolute Gasteiger partial charge is 0.224 e. The number of hydrogen-bond donors (Lipinski definition) is 2. The molecular formula is C16H22F2N2O. The van der Waals surface area contributed by atoms with Gasteiger partial charge in [-0.1, -0.05) is 13.8 Å². The number of amides is 1. The third-order valence-electron chi connectivity index (χ3n) is 3.87. The summed E-state index contributed by atoms with van der Waals surface area (Å²) in [5, 5.41) is 2.91. The van der Waals surface area contributed by atoms with Crippen molar-refractivity contribution in [1.29, 1.82) is 0 Å². The second-order valence-corrected chi connectivity index (χ2v) is 6.19. The van der Waals surface area contributed by atoms with Crippen LogP contribution < -0.4 is 11.1 Å². The van der Waals surface area contributed by atoms with Crippen LogP contribution in [0.1, 0.15) is 38.2 Å². The van der Waals surface area contributed by atoms with Crippen molar-refractivity contribution in [3.8, 4) is 0 Å². The van der Waals surface area contributed by atoms with E-state index in [4.69, 9.17) is 5.73 Å². The lowest BCUT2D eigenvalue weighted by Gasteiger charge is -2.18. The van der Waals surface area contributed by atoms with Crippen LogP contribution in [0.4, 0.5) is 8.78 Å². The highest BCUT2D eigenvalue weighted by Crippen LogP contribution is 2.48. The number of nitrogens with two attached hydrogens (primary N) is 1. The summed E-state index contributed by atoms with van der Waals surface area (Å²) in [7, 11) is 0. The van der Waals surface area contributed by atoms with Crippen LogP contribution in [0.25, 0.3) is 0 Å². The SMILES string of the molecule is CC(C)CC(CN)NC(=O)C1CC1c1cc(F)ccc1F. The molecule has 0 bridgehead atoms. The normalized spacial score (nSPS) is 22.2. The molecule has 1 fully saturated rings. The monoisotopic (exact) mass is 296 g/mol. The Labute approximate surface area is 123 Å². The van der Waals surface area contributed by atoms with Crippen molar-refractivity contribution in [2.75, 3.05) is 6.54 Å². The van der Waals surface area contributed by atoms with Crippen LogP contribution in [-0.4, -0.2) is 18.5 Å². The van der Waals surface area contributed by atoms with Gasteiger partial charge in [-0.25, -0.2) is 8.78 Å². The molecule has 3 atom stereocenters. The van der Waals surface area contributed by atoms with Crippen molar-refractivity contribution >= 4 is 5.91 Å². The molecule has 1 aromatic carbocycles. The number of carbonyl (C=O) groups excluding carboxylic acids is 1. The van der Waals surface area contributed by atoms with Crippen molar-refractivity contribution in [3.63, 3.8) is 0 Å². The highest BCUT2D eigenvalue weighted by Gasteiger charge is 2.45. The van der Waals surface area contributed by atoms with Crippen LogP contribution in [0, 0.1) is 23.5 Å². The van der Waals surface area contributed by atoms with Crippen LogP contribution in [0.2, 0.25) is 0 Å². The van der Waals surface area contributed by atoms with Crippen molar-refractivity contribution < 1.29 is 13.6 Å². The summed E-state index contributed by atoms with van der Waals surface area (Å²) < 4.78 is 26.9. The van der Waals surface area contributed by atoms with Gasteiger partial charge in [0.25, 0.3) is 0 Å². The van der Waals surface area contributed by atoms with Gasteiger partial charge in [0.2, 0.25) is 5.91 Å². The number of nitrogens with one attached hydrogen (secondary N) is 1. The van der Waals surface area contributed by atoms with Gasteiger partial charge in [-0.15, -0.1) is 0 Å². The average Bonchev–Trinajstić information content (AvgIpc) is 3.20. The molecule has 1 saturated carbocycles. The van der Waals surface area contributed by atoms with Gasteiger partial charge in [-0.2, -0.15) is 0 Å². The molecule has 5 heteroatoms. The number of halogens is 2. The van der Waals surface area contributed by atoms with E-state index in [-0.39, 0.29) is 23.8 Å². The van der Waals surface area contributed by atoms with Gasteiger partial charge in [-0.05, 0) is 48.4 Å². The summed E-state index contributed by atoms with van der Waals surface area (Å²) in [6, 6.07) is 3.32. The lowest BCUT2D eigenvalue weighted by Crippen LogP contribution is -2.42.